The number of anilines is 1. The summed E-state index contributed by atoms with van der Waals surface area (Å²) in [5, 5.41) is 2.79. The first-order valence-corrected chi connectivity index (χ1v) is 12.4. The van der Waals surface area contributed by atoms with E-state index in [2.05, 4.69) is 5.32 Å². The van der Waals surface area contributed by atoms with Gasteiger partial charge in [0.15, 0.2) is 0 Å². The van der Waals surface area contributed by atoms with Gasteiger partial charge >= 0.3 is 0 Å². The van der Waals surface area contributed by atoms with Crippen molar-refractivity contribution in [2.24, 2.45) is 5.92 Å². The van der Waals surface area contributed by atoms with Crippen molar-refractivity contribution in [3.8, 4) is 0 Å². The third-order valence-corrected chi connectivity index (χ3v) is 8.24. The zero-order valence-corrected chi connectivity index (χ0v) is 17.3. The molecule has 1 aromatic rings. The van der Waals surface area contributed by atoms with Gasteiger partial charge in [0.2, 0.25) is 26.0 Å². The van der Waals surface area contributed by atoms with Crippen molar-refractivity contribution in [3.05, 3.63) is 24.3 Å². The molecule has 0 atom stereocenters. The molecule has 156 valence electrons. The Kier molecular flexibility index (Phi) is 6.40. The largest absolute Gasteiger partial charge is 0.379 e. The molecule has 0 aliphatic carbocycles. The van der Waals surface area contributed by atoms with Gasteiger partial charge in [-0.3, -0.25) is 4.79 Å². The van der Waals surface area contributed by atoms with Gasteiger partial charge in [0.05, 0.1) is 24.4 Å². The second-order valence-electron chi connectivity index (χ2n) is 6.97. The predicted octanol–water partition coefficient (Wildman–Crippen LogP) is 0.318. The third-order valence-electron chi connectivity index (χ3n) is 5.02. The Hall–Kier alpha value is -1.53. The second-order valence-corrected chi connectivity index (χ2v) is 10.9. The van der Waals surface area contributed by atoms with Crippen LogP contribution in [0.3, 0.4) is 0 Å². The fourth-order valence-corrected chi connectivity index (χ4v) is 5.62. The summed E-state index contributed by atoms with van der Waals surface area (Å²) in [5.41, 5.74) is 0.511. The average Bonchev–Trinajstić information content (AvgIpc) is 2.68. The van der Waals surface area contributed by atoms with Gasteiger partial charge in [0, 0.05) is 37.8 Å². The number of piperidine rings is 1. The molecule has 2 aliphatic rings. The number of benzene rings is 1. The quantitative estimate of drug-likeness (QED) is 0.718. The van der Waals surface area contributed by atoms with E-state index in [1.165, 1.54) is 27.0 Å². The summed E-state index contributed by atoms with van der Waals surface area (Å²) in [6.45, 7) is 2.07. The van der Waals surface area contributed by atoms with Crippen molar-refractivity contribution < 1.29 is 26.4 Å². The van der Waals surface area contributed by atoms with Crippen LogP contribution in [-0.2, 0) is 29.6 Å². The summed E-state index contributed by atoms with van der Waals surface area (Å²) in [5.74, 6) is -0.452. The summed E-state index contributed by atoms with van der Waals surface area (Å²) in [6.07, 6.45) is 2.09. The highest BCUT2D eigenvalue weighted by Gasteiger charge is 2.29. The van der Waals surface area contributed by atoms with Gasteiger partial charge in [0.1, 0.15) is 0 Å². The molecule has 0 saturated carbocycles. The van der Waals surface area contributed by atoms with E-state index in [4.69, 9.17) is 4.74 Å². The molecule has 2 saturated heterocycles. The number of carbonyl (C=O) groups excluding carboxylic acids is 1. The lowest BCUT2D eigenvalue weighted by molar-refractivity contribution is -0.120. The van der Waals surface area contributed by atoms with Gasteiger partial charge in [-0.15, -0.1) is 0 Å². The van der Waals surface area contributed by atoms with Gasteiger partial charge < -0.3 is 10.1 Å². The maximum atomic E-state index is 12.6. The molecule has 0 radical (unpaired) electrons. The number of hydrogen-bond donors (Lipinski definition) is 1. The van der Waals surface area contributed by atoms with E-state index in [0.29, 0.717) is 57.9 Å². The minimum atomic E-state index is -3.57. The predicted molar refractivity (Wildman–Crippen MR) is 104 cm³/mol. The number of nitrogens with zero attached hydrogens (tertiary/aromatic N) is 2. The number of rotatable bonds is 5. The Labute approximate surface area is 165 Å². The van der Waals surface area contributed by atoms with E-state index in [9.17, 15) is 21.6 Å². The molecule has 2 fully saturated rings. The van der Waals surface area contributed by atoms with Crippen molar-refractivity contribution >= 4 is 31.6 Å². The third kappa shape index (κ3) is 4.90. The first-order valence-electron chi connectivity index (χ1n) is 9.12. The van der Waals surface area contributed by atoms with E-state index in [-0.39, 0.29) is 16.7 Å². The average molecular weight is 432 g/mol. The lowest BCUT2D eigenvalue weighted by Gasteiger charge is -2.29. The lowest BCUT2D eigenvalue weighted by atomic mass is 9.97. The molecule has 1 aromatic carbocycles. The van der Waals surface area contributed by atoms with E-state index < -0.39 is 20.0 Å². The minimum Gasteiger partial charge on any atom is -0.379 e. The maximum Gasteiger partial charge on any atom is 0.243 e. The fourth-order valence-electron chi connectivity index (χ4n) is 3.34. The summed E-state index contributed by atoms with van der Waals surface area (Å²) < 4.78 is 56.3. The number of carbonyl (C=O) groups is 1. The van der Waals surface area contributed by atoms with E-state index in [0.717, 1.165) is 0 Å². The molecular formula is C17H25N3O6S2. The van der Waals surface area contributed by atoms with Crippen LogP contribution in [0.4, 0.5) is 5.69 Å². The van der Waals surface area contributed by atoms with Crippen molar-refractivity contribution in [1.29, 1.82) is 0 Å². The summed E-state index contributed by atoms with van der Waals surface area (Å²) in [4.78, 5) is 12.6. The fraction of sp³-hybridized carbons (Fsp3) is 0.588. The molecule has 3 rings (SSSR count). The topological polar surface area (TPSA) is 113 Å². The van der Waals surface area contributed by atoms with Crippen molar-refractivity contribution in [2.75, 3.05) is 51.0 Å². The number of hydrogen-bond acceptors (Lipinski definition) is 6. The van der Waals surface area contributed by atoms with Gasteiger partial charge in [-0.1, -0.05) is 0 Å². The molecule has 1 N–H and O–H groups in total. The molecule has 0 unspecified atom stereocenters. The van der Waals surface area contributed by atoms with Crippen molar-refractivity contribution in [2.45, 2.75) is 17.7 Å². The Morgan fingerprint density at radius 1 is 0.964 bits per heavy atom. The van der Waals surface area contributed by atoms with Crippen LogP contribution in [0.1, 0.15) is 12.8 Å². The van der Waals surface area contributed by atoms with Crippen LogP contribution in [0.5, 0.6) is 0 Å². The number of sulfonamides is 2. The van der Waals surface area contributed by atoms with Crippen LogP contribution in [0.15, 0.2) is 29.2 Å². The maximum absolute atomic E-state index is 12.6. The Morgan fingerprint density at radius 3 is 2.07 bits per heavy atom. The molecule has 11 heteroatoms. The monoisotopic (exact) mass is 431 g/mol. The summed E-state index contributed by atoms with van der Waals surface area (Å²) in [6, 6.07) is 6.09. The SMILES string of the molecule is CS(=O)(=O)N1CCC(C(=O)Nc2ccc(S(=O)(=O)N3CCOCC3)cc2)CC1. The standard InChI is InChI=1S/C17H25N3O6S2/c1-27(22,23)19-8-6-14(7-9-19)17(21)18-15-2-4-16(5-3-15)28(24,25)20-10-12-26-13-11-20/h2-5,14H,6-13H2,1H3,(H,18,21). The number of ether oxygens (including phenoxy) is 1. The van der Waals surface area contributed by atoms with Gasteiger partial charge in [0.25, 0.3) is 0 Å². The van der Waals surface area contributed by atoms with E-state index in [1.807, 2.05) is 0 Å². The van der Waals surface area contributed by atoms with Crippen LogP contribution in [0.2, 0.25) is 0 Å². The molecule has 0 spiro atoms. The number of nitrogens with one attached hydrogen (secondary N) is 1. The van der Waals surface area contributed by atoms with Gasteiger partial charge in [-0.25, -0.2) is 21.1 Å². The number of morpholine rings is 1. The highest BCUT2D eigenvalue weighted by Crippen LogP contribution is 2.23. The molecule has 28 heavy (non-hydrogen) atoms. The Morgan fingerprint density at radius 2 is 1.54 bits per heavy atom. The van der Waals surface area contributed by atoms with Crippen molar-refractivity contribution in [3.63, 3.8) is 0 Å². The summed E-state index contributed by atoms with van der Waals surface area (Å²) >= 11 is 0. The first kappa shape index (κ1) is 21.2. The minimum absolute atomic E-state index is 0.175. The molecule has 1 amide bonds. The zero-order valence-electron chi connectivity index (χ0n) is 15.7. The summed E-state index contributed by atoms with van der Waals surface area (Å²) in [7, 11) is -6.80. The zero-order chi connectivity index (χ0) is 20.4. The van der Waals surface area contributed by atoms with E-state index in [1.54, 1.807) is 12.1 Å². The van der Waals surface area contributed by atoms with Crippen LogP contribution in [0, 0.1) is 5.92 Å². The molecular weight excluding hydrogens is 406 g/mol. The van der Waals surface area contributed by atoms with Crippen LogP contribution >= 0.6 is 0 Å². The molecule has 2 heterocycles. The van der Waals surface area contributed by atoms with Crippen LogP contribution in [0.25, 0.3) is 0 Å². The highest BCUT2D eigenvalue weighted by molar-refractivity contribution is 7.89. The van der Waals surface area contributed by atoms with Crippen LogP contribution in [-0.4, -0.2) is 77.0 Å². The first-order chi connectivity index (χ1) is 13.2. The molecule has 2 aliphatic heterocycles. The van der Waals surface area contributed by atoms with Gasteiger partial charge in [-0.05, 0) is 37.1 Å². The lowest BCUT2D eigenvalue weighted by Crippen LogP contribution is -2.41. The number of amides is 1. The van der Waals surface area contributed by atoms with Crippen molar-refractivity contribution in [1.82, 2.24) is 8.61 Å². The molecule has 9 nitrogen and oxygen atoms in total. The van der Waals surface area contributed by atoms with Crippen LogP contribution < -0.4 is 5.32 Å². The highest BCUT2D eigenvalue weighted by atomic mass is 32.2. The Balaban J connectivity index is 1.59. The normalized spacial score (nSPS) is 20.8. The molecule has 0 aromatic heterocycles. The molecule has 0 bridgehead atoms. The Bertz CT molecular complexity index is 901. The van der Waals surface area contributed by atoms with Gasteiger partial charge in [-0.2, -0.15) is 4.31 Å². The second kappa shape index (κ2) is 8.46. The smallest absolute Gasteiger partial charge is 0.243 e. The van der Waals surface area contributed by atoms with E-state index >= 15 is 0 Å².